The quantitative estimate of drug-likeness (QED) is 0.585. The Morgan fingerprint density at radius 2 is 1.69 bits per heavy atom. The molecule has 2 aromatic carbocycles. The summed E-state index contributed by atoms with van der Waals surface area (Å²) in [4.78, 5) is 42.6. The highest BCUT2D eigenvalue weighted by Gasteiger charge is 2.45. The van der Waals surface area contributed by atoms with Crippen LogP contribution in [-0.2, 0) is 31.0 Å². The molecule has 0 spiro atoms. The Labute approximate surface area is 209 Å². The number of hydrogen-bond donors (Lipinski definition) is 1. The molecule has 2 N–H and O–H groups in total. The lowest BCUT2D eigenvalue weighted by atomic mass is 9.87. The Kier molecular flexibility index (Phi) is 6.44. The van der Waals surface area contributed by atoms with E-state index in [2.05, 4.69) is 0 Å². The number of ether oxygens (including phenoxy) is 2. The monoisotopic (exact) mass is 513 g/mol. The summed E-state index contributed by atoms with van der Waals surface area (Å²) in [6.45, 7) is 0.270. The molecule has 2 aliphatic heterocycles. The average molecular weight is 514 g/mol. The largest absolute Gasteiger partial charge is 0.454 e. The van der Waals surface area contributed by atoms with Gasteiger partial charge in [-0.1, -0.05) is 25.3 Å². The molecule has 0 aromatic heterocycles. The van der Waals surface area contributed by atoms with Gasteiger partial charge < -0.3 is 14.4 Å². The van der Waals surface area contributed by atoms with Crippen LogP contribution >= 0.6 is 0 Å². The van der Waals surface area contributed by atoms with Gasteiger partial charge in [0.05, 0.1) is 17.0 Å². The number of nitrogens with zero attached hydrogens (tertiary/aromatic N) is 2. The molecule has 11 heteroatoms. The van der Waals surface area contributed by atoms with Crippen LogP contribution < -0.4 is 19.5 Å². The first-order valence-electron chi connectivity index (χ1n) is 11.9. The second kappa shape index (κ2) is 9.55. The fraction of sp³-hybridized carbons (Fsp3) is 0.400. The molecule has 1 unspecified atom stereocenters. The summed E-state index contributed by atoms with van der Waals surface area (Å²) >= 11 is 0. The van der Waals surface area contributed by atoms with E-state index in [0.717, 1.165) is 42.6 Å². The first-order chi connectivity index (χ1) is 17.2. The molecule has 3 aliphatic rings. The van der Waals surface area contributed by atoms with Crippen LogP contribution in [0.4, 0.5) is 5.69 Å². The lowest BCUT2D eigenvalue weighted by Gasteiger charge is -2.32. The standard InChI is InChI=1S/C25H27N3O7S/c26-36(32,33)19-9-7-18(8-10-19)28-23(29)13-20(25(28)31)27(24(30)17-4-2-1-3-5-17)14-16-6-11-21-22(12-16)35-15-34-21/h6-12,17,20H,1-5,13-15H2,(H2,26,32,33). The van der Waals surface area contributed by atoms with Gasteiger partial charge in [0.2, 0.25) is 28.6 Å². The molecule has 2 fully saturated rings. The van der Waals surface area contributed by atoms with Gasteiger partial charge in [-0.2, -0.15) is 0 Å². The Bertz CT molecular complexity index is 1300. The lowest BCUT2D eigenvalue weighted by Crippen LogP contribution is -2.47. The van der Waals surface area contributed by atoms with E-state index in [1.165, 1.54) is 29.2 Å². The van der Waals surface area contributed by atoms with Crippen molar-refractivity contribution in [3.05, 3.63) is 48.0 Å². The summed E-state index contributed by atoms with van der Waals surface area (Å²) < 4.78 is 34.0. The van der Waals surface area contributed by atoms with Crippen molar-refractivity contribution < 1.29 is 32.3 Å². The van der Waals surface area contributed by atoms with Crippen LogP contribution in [0.2, 0.25) is 0 Å². The number of primary sulfonamides is 1. The number of amides is 3. The van der Waals surface area contributed by atoms with Gasteiger partial charge in [0, 0.05) is 12.5 Å². The highest BCUT2D eigenvalue weighted by Crippen LogP contribution is 2.35. The summed E-state index contributed by atoms with van der Waals surface area (Å²) in [7, 11) is -3.92. The van der Waals surface area contributed by atoms with Crippen LogP contribution in [0.25, 0.3) is 0 Å². The zero-order valence-electron chi connectivity index (χ0n) is 19.6. The smallest absolute Gasteiger partial charge is 0.257 e. The van der Waals surface area contributed by atoms with Crippen molar-refractivity contribution in [2.24, 2.45) is 11.1 Å². The maximum atomic E-state index is 13.7. The minimum atomic E-state index is -3.92. The first-order valence-corrected chi connectivity index (χ1v) is 13.5. The SMILES string of the molecule is NS(=O)(=O)c1ccc(N2C(=O)CC(N(Cc3ccc4c(c3)OCO4)C(=O)C3CCCCC3)C2=O)cc1. The molecule has 1 aliphatic carbocycles. The fourth-order valence-corrected chi connectivity index (χ4v) is 5.59. The fourth-order valence-electron chi connectivity index (χ4n) is 5.08. The van der Waals surface area contributed by atoms with Crippen molar-refractivity contribution in [1.82, 2.24) is 4.90 Å². The van der Waals surface area contributed by atoms with Crippen LogP contribution in [-0.4, -0.2) is 43.9 Å². The van der Waals surface area contributed by atoms with Crippen LogP contribution in [0.1, 0.15) is 44.1 Å². The maximum Gasteiger partial charge on any atom is 0.257 e. The third-order valence-corrected chi connectivity index (χ3v) is 7.88. The zero-order valence-corrected chi connectivity index (χ0v) is 20.4. The van der Waals surface area contributed by atoms with Gasteiger partial charge in [-0.25, -0.2) is 18.5 Å². The number of sulfonamides is 1. The van der Waals surface area contributed by atoms with Crippen LogP contribution in [0.5, 0.6) is 11.5 Å². The number of carbonyl (C=O) groups excluding carboxylic acids is 3. The van der Waals surface area contributed by atoms with Gasteiger partial charge in [-0.05, 0) is 54.8 Å². The minimum Gasteiger partial charge on any atom is -0.454 e. The lowest BCUT2D eigenvalue weighted by molar-refractivity contribution is -0.143. The summed E-state index contributed by atoms with van der Waals surface area (Å²) in [5, 5.41) is 5.15. The number of anilines is 1. The third-order valence-electron chi connectivity index (χ3n) is 6.95. The molecular weight excluding hydrogens is 486 g/mol. The summed E-state index contributed by atoms with van der Waals surface area (Å²) in [5.74, 6) is -0.120. The summed E-state index contributed by atoms with van der Waals surface area (Å²) in [5.41, 5.74) is 0.993. The molecule has 0 bridgehead atoms. The summed E-state index contributed by atoms with van der Waals surface area (Å²) in [6.07, 6.45) is 4.34. The van der Waals surface area contributed by atoms with E-state index >= 15 is 0 Å². The second-order valence-corrected chi connectivity index (χ2v) is 10.9. The van der Waals surface area contributed by atoms with E-state index in [-0.39, 0.29) is 42.2 Å². The minimum absolute atomic E-state index is 0.123. The van der Waals surface area contributed by atoms with Gasteiger partial charge in [-0.3, -0.25) is 14.4 Å². The van der Waals surface area contributed by atoms with Gasteiger partial charge in [0.25, 0.3) is 5.91 Å². The first kappa shape index (κ1) is 24.3. The Hall–Kier alpha value is -3.44. The molecule has 5 rings (SSSR count). The number of benzene rings is 2. The van der Waals surface area contributed by atoms with Crippen LogP contribution in [0.15, 0.2) is 47.4 Å². The van der Waals surface area contributed by atoms with Crippen molar-refractivity contribution in [2.45, 2.75) is 56.0 Å². The number of hydrogen-bond acceptors (Lipinski definition) is 7. The Balaban J connectivity index is 1.43. The molecule has 1 saturated heterocycles. The normalized spacial score (nSPS) is 20.1. The molecule has 10 nitrogen and oxygen atoms in total. The van der Waals surface area contributed by atoms with Gasteiger partial charge in [0.1, 0.15) is 6.04 Å². The molecule has 2 heterocycles. The van der Waals surface area contributed by atoms with E-state index in [1.54, 1.807) is 12.1 Å². The number of rotatable bonds is 6. The zero-order chi connectivity index (χ0) is 25.4. The van der Waals surface area contributed by atoms with Gasteiger partial charge >= 0.3 is 0 Å². The van der Waals surface area contributed by atoms with Gasteiger partial charge in [0.15, 0.2) is 11.5 Å². The molecule has 2 aromatic rings. The predicted octanol–water partition coefficient (Wildman–Crippen LogP) is 2.30. The molecule has 1 atom stereocenters. The van der Waals surface area contributed by atoms with E-state index in [9.17, 15) is 22.8 Å². The third kappa shape index (κ3) is 4.68. The summed E-state index contributed by atoms with van der Waals surface area (Å²) in [6, 6.07) is 9.63. The molecule has 190 valence electrons. The van der Waals surface area contributed by atoms with Crippen molar-refractivity contribution in [3.8, 4) is 11.5 Å². The van der Waals surface area contributed by atoms with Crippen LogP contribution in [0, 0.1) is 5.92 Å². The molecule has 3 amide bonds. The van der Waals surface area contributed by atoms with Crippen molar-refractivity contribution in [2.75, 3.05) is 11.7 Å². The van der Waals surface area contributed by atoms with Crippen LogP contribution in [0.3, 0.4) is 0 Å². The predicted molar refractivity (Wildman–Crippen MR) is 128 cm³/mol. The van der Waals surface area contributed by atoms with Crippen molar-refractivity contribution in [3.63, 3.8) is 0 Å². The number of carbonyl (C=O) groups is 3. The van der Waals surface area contributed by atoms with Crippen molar-refractivity contribution in [1.29, 1.82) is 0 Å². The molecule has 1 saturated carbocycles. The van der Waals surface area contributed by atoms with E-state index in [0.29, 0.717) is 11.5 Å². The molecule has 36 heavy (non-hydrogen) atoms. The molecular formula is C25H27N3O7S. The number of fused-ring (bicyclic) bond motifs is 1. The maximum absolute atomic E-state index is 13.7. The Morgan fingerprint density at radius 3 is 2.39 bits per heavy atom. The van der Waals surface area contributed by atoms with Crippen molar-refractivity contribution >= 4 is 33.4 Å². The number of imide groups is 1. The average Bonchev–Trinajstić information content (AvgIpc) is 3.45. The second-order valence-electron chi connectivity index (χ2n) is 9.31. The van der Waals surface area contributed by atoms with E-state index < -0.39 is 27.9 Å². The van der Waals surface area contributed by atoms with E-state index in [4.69, 9.17) is 14.6 Å². The van der Waals surface area contributed by atoms with E-state index in [1.807, 2.05) is 6.07 Å². The molecule has 0 radical (unpaired) electrons. The highest BCUT2D eigenvalue weighted by atomic mass is 32.2. The Morgan fingerprint density at radius 1 is 1.00 bits per heavy atom. The number of nitrogens with two attached hydrogens (primary N) is 1. The highest BCUT2D eigenvalue weighted by molar-refractivity contribution is 7.89. The van der Waals surface area contributed by atoms with Gasteiger partial charge in [-0.15, -0.1) is 0 Å². The topological polar surface area (TPSA) is 136 Å².